The van der Waals surface area contributed by atoms with E-state index in [0.29, 0.717) is 6.04 Å². The summed E-state index contributed by atoms with van der Waals surface area (Å²) in [6, 6.07) is 0.641. The van der Waals surface area contributed by atoms with Gasteiger partial charge in [0, 0.05) is 39.4 Å². The van der Waals surface area contributed by atoms with Crippen LogP contribution < -0.4 is 10.6 Å². The Hall–Kier alpha value is -0.810. The summed E-state index contributed by atoms with van der Waals surface area (Å²) < 4.78 is 5.07. The number of guanidine groups is 1. The summed E-state index contributed by atoms with van der Waals surface area (Å²) in [7, 11) is 3.89. The van der Waals surface area contributed by atoms with Crippen molar-refractivity contribution >= 4 is 5.96 Å². The van der Waals surface area contributed by atoms with Crippen molar-refractivity contribution in [3.05, 3.63) is 0 Å². The second kappa shape index (κ2) is 10.9. The third-order valence-corrected chi connectivity index (χ3v) is 3.89. The van der Waals surface area contributed by atoms with Gasteiger partial charge in [0.25, 0.3) is 0 Å². The lowest BCUT2D eigenvalue weighted by atomic mass is 10.2. The van der Waals surface area contributed by atoms with Gasteiger partial charge in [0.1, 0.15) is 0 Å². The molecule has 0 spiro atoms. The van der Waals surface area contributed by atoms with Gasteiger partial charge in [0.15, 0.2) is 5.96 Å². The summed E-state index contributed by atoms with van der Waals surface area (Å²) in [5.74, 6) is 1.84. The van der Waals surface area contributed by atoms with Crippen LogP contribution in [0, 0.1) is 5.92 Å². The van der Waals surface area contributed by atoms with Crippen LogP contribution in [0.1, 0.15) is 39.5 Å². The molecule has 1 saturated carbocycles. The van der Waals surface area contributed by atoms with E-state index < -0.39 is 0 Å². The Morgan fingerprint density at radius 3 is 2.81 bits per heavy atom. The highest BCUT2D eigenvalue weighted by atomic mass is 16.5. The fourth-order valence-electron chi connectivity index (χ4n) is 2.53. The molecule has 0 saturated heterocycles. The highest BCUT2D eigenvalue weighted by Gasteiger charge is 2.36. The molecular weight excluding hydrogens is 264 g/mol. The first-order valence-corrected chi connectivity index (χ1v) is 8.43. The third-order valence-electron chi connectivity index (χ3n) is 3.89. The third kappa shape index (κ3) is 8.27. The Labute approximate surface area is 130 Å². The van der Waals surface area contributed by atoms with Gasteiger partial charge in [-0.25, -0.2) is 0 Å². The maximum atomic E-state index is 5.07. The fourth-order valence-corrected chi connectivity index (χ4v) is 2.53. The number of hydrogen-bond acceptors (Lipinski definition) is 3. The second-order valence-electron chi connectivity index (χ2n) is 5.95. The van der Waals surface area contributed by atoms with Gasteiger partial charge in [0.05, 0.1) is 6.54 Å². The zero-order valence-corrected chi connectivity index (χ0v) is 14.3. The number of rotatable bonds is 11. The molecule has 5 nitrogen and oxygen atoms in total. The molecule has 0 radical (unpaired) electrons. The Balaban J connectivity index is 2.22. The van der Waals surface area contributed by atoms with Crippen LogP contribution >= 0.6 is 0 Å². The van der Waals surface area contributed by atoms with Gasteiger partial charge in [-0.1, -0.05) is 13.3 Å². The lowest BCUT2D eigenvalue weighted by Crippen LogP contribution is -2.39. The molecule has 0 heterocycles. The number of nitrogens with one attached hydrogen (secondary N) is 2. The van der Waals surface area contributed by atoms with Crippen LogP contribution in [0.3, 0.4) is 0 Å². The first kappa shape index (κ1) is 18.2. The molecule has 0 aromatic carbocycles. The van der Waals surface area contributed by atoms with E-state index in [9.17, 15) is 0 Å². The number of likely N-dealkylation sites (N-methyl/N-ethyl adjacent to an activating group) is 1. The zero-order chi connectivity index (χ0) is 15.5. The van der Waals surface area contributed by atoms with Gasteiger partial charge in [-0.3, -0.25) is 4.99 Å². The van der Waals surface area contributed by atoms with Crippen LogP contribution in [0.4, 0.5) is 0 Å². The van der Waals surface area contributed by atoms with Crippen molar-refractivity contribution in [2.45, 2.75) is 45.6 Å². The Bertz CT molecular complexity index is 296. The van der Waals surface area contributed by atoms with Crippen LogP contribution in [-0.4, -0.2) is 63.8 Å². The van der Waals surface area contributed by atoms with Crippen LogP contribution in [0.25, 0.3) is 0 Å². The fraction of sp³-hybridized carbons (Fsp3) is 0.938. The molecule has 1 aliphatic carbocycles. The lowest BCUT2D eigenvalue weighted by molar-refractivity contribution is 0.180. The van der Waals surface area contributed by atoms with Gasteiger partial charge in [-0.05, 0) is 39.2 Å². The number of aliphatic imine (C=N–C) groups is 1. The van der Waals surface area contributed by atoms with Crippen molar-refractivity contribution in [3.8, 4) is 0 Å². The summed E-state index contributed by atoms with van der Waals surface area (Å²) in [6.07, 6.45) is 4.99. The summed E-state index contributed by atoms with van der Waals surface area (Å²) >= 11 is 0. The topological polar surface area (TPSA) is 48.9 Å². The molecule has 0 aromatic rings. The normalized spacial score (nSPS) is 21.7. The highest BCUT2D eigenvalue weighted by Crippen LogP contribution is 2.34. The van der Waals surface area contributed by atoms with E-state index in [0.717, 1.165) is 51.1 Å². The van der Waals surface area contributed by atoms with Crippen molar-refractivity contribution in [2.24, 2.45) is 10.9 Å². The Kier molecular flexibility index (Phi) is 9.42. The van der Waals surface area contributed by atoms with Crippen molar-refractivity contribution in [3.63, 3.8) is 0 Å². The lowest BCUT2D eigenvalue weighted by Gasteiger charge is -2.16. The summed E-state index contributed by atoms with van der Waals surface area (Å²) in [5, 5.41) is 6.90. The number of ether oxygens (including phenoxy) is 1. The minimum atomic E-state index is 0.641. The van der Waals surface area contributed by atoms with Gasteiger partial charge < -0.3 is 20.3 Å². The first-order valence-electron chi connectivity index (χ1n) is 8.43. The van der Waals surface area contributed by atoms with E-state index in [1.807, 2.05) is 0 Å². The van der Waals surface area contributed by atoms with Crippen LogP contribution in [0.2, 0.25) is 0 Å². The van der Waals surface area contributed by atoms with E-state index in [4.69, 9.17) is 4.74 Å². The molecule has 2 atom stereocenters. The van der Waals surface area contributed by atoms with Crippen LogP contribution in [-0.2, 0) is 4.74 Å². The maximum Gasteiger partial charge on any atom is 0.191 e. The van der Waals surface area contributed by atoms with E-state index in [-0.39, 0.29) is 0 Å². The molecule has 2 N–H and O–H groups in total. The first-order chi connectivity index (χ1) is 10.2. The van der Waals surface area contributed by atoms with Gasteiger partial charge in [-0.2, -0.15) is 0 Å². The molecule has 1 aliphatic rings. The molecule has 21 heavy (non-hydrogen) atoms. The van der Waals surface area contributed by atoms with Crippen molar-refractivity contribution in [1.82, 2.24) is 15.5 Å². The molecule has 124 valence electrons. The predicted octanol–water partition coefficient (Wildman–Crippen LogP) is 1.70. The average Bonchev–Trinajstić information content (AvgIpc) is 3.17. The van der Waals surface area contributed by atoms with Gasteiger partial charge in [0.2, 0.25) is 0 Å². The number of hydrogen-bond donors (Lipinski definition) is 2. The number of nitrogens with zero attached hydrogens (tertiary/aromatic N) is 2. The van der Waals surface area contributed by atoms with E-state index in [2.05, 4.69) is 41.4 Å². The molecule has 0 bridgehead atoms. The van der Waals surface area contributed by atoms with E-state index in [1.54, 1.807) is 7.11 Å². The van der Waals surface area contributed by atoms with Crippen molar-refractivity contribution in [1.29, 1.82) is 0 Å². The molecule has 1 rings (SSSR count). The van der Waals surface area contributed by atoms with Crippen LogP contribution in [0.5, 0.6) is 0 Å². The SMILES string of the molecule is CCCC1CC1NC(=NCCN(C)CCCOC)NCC. The quantitative estimate of drug-likeness (QED) is 0.346. The zero-order valence-electron chi connectivity index (χ0n) is 14.3. The molecule has 2 unspecified atom stereocenters. The smallest absolute Gasteiger partial charge is 0.191 e. The minimum Gasteiger partial charge on any atom is -0.385 e. The largest absolute Gasteiger partial charge is 0.385 e. The number of methoxy groups -OCH3 is 1. The highest BCUT2D eigenvalue weighted by molar-refractivity contribution is 5.80. The standard InChI is InChI=1S/C16H34N4O/c1-5-8-14-13-15(14)19-16(17-6-2)18-9-11-20(3)10-7-12-21-4/h14-15H,5-13H2,1-4H3,(H2,17,18,19). The average molecular weight is 298 g/mol. The summed E-state index contributed by atoms with van der Waals surface area (Å²) in [4.78, 5) is 6.99. The molecule has 1 fully saturated rings. The summed E-state index contributed by atoms with van der Waals surface area (Å²) in [6.45, 7) is 9.01. The van der Waals surface area contributed by atoms with Crippen molar-refractivity contribution < 1.29 is 4.74 Å². The molecule has 0 aromatic heterocycles. The van der Waals surface area contributed by atoms with E-state index in [1.165, 1.54) is 19.3 Å². The van der Waals surface area contributed by atoms with E-state index >= 15 is 0 Å². The molecule has 0 aliphatic heterocycles. The predicted molar refractivity (Wildman–Crippen MR) is 89.9 cm³/mol. The van der Waals surface area contributed by atoms with Crippen molar-refractivity contribution in [2.75, 3.05) is 46.9 Å². The molecular formula is C16H34N4O. The minimum absolute atomic E-state index is 0.641. The molecule has 5 heteroatoms. The molecule has 0 amide bonds. The van der Waals surface area contributed by atoms with Crippen LogP contribution in [0.15, 0.2) is 4.99 Å². The monoisotopic (exact) mass is 298 g/mol. The maximum absolute atomic E-state index is 5.07. The second-order valence-corrected chi connectivity index (χ2v) is 5.95. The summed E-state index contributed by atoms with van der Waals surface area (Å²) in [5.41, 5.74) is 0. The Morgan fingerprint density at radius 2 is 2.14 bits per heavy atom. The van der Waals surface area contributed by atoms with Gasteiger partial charge >= 0.3 is 0 Å². The Morgan fingerprint density at radius 1 is 1.33 bits per heavy atom. The van der Waals surface area contributed by atoms with Gasteiger partial charge in [-0.15, -0.1) is 0 Å².